The highest BCUT2D eigenvalue weighted by molar-refractivity contribution is 5.96. The first-order valence-corrected chi connectivity index (χ1v) is 22.8. The molecule has 59 heavy (non-hydrogen) atoms. The number of aliphatic hydroxyl groups is 6. The van der Waals surface area contributed by atoms with Crippen molar-refractivity contribution in [3.8, 4) is 11.5 Å². The molecule has 11 aliphatic rings. The number of ether oxygens (including phenoxy) is 1. The molecule has 0 aromatic heterocycles. The zero-order valence-electron chi connectivity index (χ0n) is 35.5. The second-order valence-electron chi connectivity index (χ2n) is 22.0. The summed E-state index contributed by atoms with van der Waals surface area (Å²) in [6.07, 6.45) is 7.38. The number of phenols is 2. The van der Waals surface area contributed by atoms with Crippen LogP contribution in [0.15, 0.2) is 41.5 Å². The van der Waals surface area contributed by atoms with Crippen molar-refractivity contribution in [2.45, 2.75) is 158 Å². The van der Waals surface area contributed by atoms with Crippen LogP contribution in [0.4, 0.5) is 0 Å². The molecule has 3 spiro atoms. The maximum atomic E-state index is 15.3. The van der Waals surface area contributed by atoms with Crippen molar-refractivity contribution in [1.82, 2.24) is 5.32 Å². The Labute approximate surface area is 348 Å². The van der Waals surface area contributed by atoms with Crippen molar-refractivity contribution < 1.29 is 50.4 Å². The molecule has 6 bridgehead atoms. The van der Waals surface area contributed by atoms with Crippen molar-refractivity contribution in [3.05, 3.63) is 47.1 Å². The molecule has 9 N–H and O–H groups in total. The third kappa shape index (κ3) is 4.41. The number of hydrogen-bond acceptors (Lipinski definition) is 11. The highest BCUT2D eigenvalue weighted by Gasteiger charge is 2.87. The molecule has 0 unspecified atom stereocenters. The van der Waals surface area contributed by atoms with Gasteiger partial charge in [0.25, 0.3) is 0 Å². The number of likely N-dealkylation sites (N-methyl/N-ethyl adjacent to an activating group) is 1. The first kappa shape index (κ1) is 40.7. The summed E-state index contributed by atoms with van der Waals surface area (Å²) in [6, 6.07) is 4.41. The smallest absolute Gasteiger partial charge is 0.160 e. The third-order valence-electron chi connectivity index (χ3n) is 20.2. The molecule has 0 amide bonds. The highest BCUT2D eigenvalue weighted by Crippen LogP contribution is 2.85. The SMILES string of the molecule is CCNCC1=C[C@]2(C)CC[C@@H]1[C@]1(O[C@H]3C[C@]4(O)C5=CC(=O)[C@H]6[C@H](c7ccc(O)c(O)c7)[C@]7(O)CC[C@@]5(C5(CCCC5)C[C@]4(C)[C@@H]3[C@]1(O)CCO)[C@@]6(C)C[C@@H]7O)[C@@H](O)[C@H]2C. The quantitative estimate of drug-likeness (QED) is 0.145. The lowest BCUT2D eigenvalue weighted by Crippen LogP contribution is -2.74. The second kappa shape index (κ2) is 12.4. The van der Waals surface area contributed by atoms with Crippen LogP contribution < -0.4 is 5.32 Å². The van der Waals surface area contributed by atoms with E-state index in [9.17, 15) is 40.9 Å². The molecular formula is C48H67NO10. The minimum atomic E-state index is -1.75. The molecule has 1 aromatic carbocycles. The summed E-state index contributed by atoms with van der Waals surface area (Å²) in [6.45, 7) is 11.5. The number of allylic oxidation sites excluding steroid dienone is 2. The van der Waals surface area contributed by atoms with Gasteiger partial charge in [0, 0.05) is 60.5 Å². The number of carbonyl (C=O) groups excluding carboxylic acids is 1. The highest BCUT2D eigenvalue weighted by atomic mass is 16.6. The number of benzene rings is 1. The Hall–Kier alpha value is -2.35. The summed E-state index contributed by atoms with van der Waals surface area (Å²) < 4.78 is 7.48. The Balaban J connectivity index is 1.17. The van der Waals surface area contributed by atoms with Gasteiger partial charge in [0.15, 0.2) is 17.3 Å². The van der Waals surface area contributed by atoms with E-state index in [1.807, 2.05) is 0 Å². The van der Waals surface area contributed by atoms with Crippen LogP contribution in [0, 0.1) is 50.7 Å². The summed E-state index contributed by atoms with van der Waals surface area (Å²) in [5, 5.41) is 101. The van der Waals surface area contributed by atoms with Crippen molar-refractivity contribution in [1.29, 1.82) is 0 Å². The predicted octanol–water partition coefficient (Wildman–Crippen LogP) is 4.52. The molecular weight excluding hydrogens is 751 g/mol. The van der Waals surface area contributed by atoms with Crippen LogP contribution in [0.25, 0.3) is 0 Å². The van der Waals surface area contributed by atoms with Gasteiger partial charge in [0.1, 0.15) is 11.2 Å². The van der Waals surface area contributed by atoms with Gasteiger partial charge in [0.2, 0.25) is 0 Å². The fourth-order valence-electron chi connectivity index (χ4n) is 17.9. The number of phenolic OH excluding ortho intramolecular Hbond substituents is 2. The van der Waals surface area contributed by atoms with Gasteiger partial charge >= 0.3 is 0 Å². The minimum absolute atomic E-state index is 0.0401. The molecule has 0 radical (unpaired) electrons. The van der Waals surface area contributed by atoms with Crippen LogP contribution in [-0.4, -0.2) is 107 Å². The molecule has 10 aliphatic carbocycles. The maximum Gasteiger partial charge on any atom is 0.160 e. The first-order chi connectivity index (χ1) is 27.7. The number of fused-ring (bicyclic) bond motifs is 8. The molecule has 7 saturated carbocycles. The standard InChI is InChI=1S/C48H67NO10/c1-6-49-24-28-21-40(3)14-11-29(28)48(39(55)26(40)2)46(57,17-18-50)38-33(59-48)22-47(58)34-20-32(53)37-36(27-9-10-30(51)31(52)19-27)44(56)15-16-45(34,41(37,4)23-35(44)54)43(12-7-8-13-43)25-42(38,47)5/h9-10,19-21,26,29,33,35-39,49-52,54-58H,6-8,11-18,22-25H2,1-5H3/t26-,29+,33+,35+,36+,37+,38-,39+,40+,41+,42-,44+,45+,46-,47+,48+/m1/s1. The summed E-state index contributed by atoms with van der Waals surface area (Å²) >= 11 is 0. The average Bonchev–Trinajstić information content (AvgIpc) is 3.75. The van der Waals surface area contributed by atoms with Gasteiger partial charge in [-0.3, -0.25) is 4.79 Å². The van der Waals surface area contributed by atoms with Gasteiger partial charge in [0.05, 0.1) is 29.5 Å². The first-order valence-electron chi connectivity index (χ1n) is 22.8. The Morgan fingerprint density at radius 1 is 0.915 bits per heavy atom. The van der Waals surface area contributed by atoms with Crippen molar-refractivity contribution in [3.63, 3.8) is 0 Å². The van der Waals surface area contributed by atoms with E-state index in [1.54, 1.807) is 12.1 Å². The Bertz CT molecular complexity index is 2030. The Morgan fingerprint density at radius 3 is 2.32 bits per heavy atom. The molecule has 1 aromatic rings. The summed E-state index contributed by atoms with van der Waals surface area (Å²) in [5.74, 6) is -3.87. The van der Waals surface area contributed by atoms with Crippen LogP contribution in [0.1, 0.15) is 123 Å². The Morgan fingerprint density at radius 2 is 1.64 bits per heavy atom. The van der Waals surface area contributed by atoms with Crippen LogP contribution in [-0.2, 0) is 9.53 Å². The summed E-state index contributed by atoms with van der Waals surface area (Å²) in [5.41, 5.74) is -7.95. The van der Waals surface area contributed by atoms with Crippen molar-refractivity contribution in [2.24, 2.45) is 50.7 Å². The normalized spacial score (nSPS) is 52.6. The lowest BCUT2D eigenvalue weighted by atomic mass is 9.31. The molecule has 1 saturated heterocycles. The van der Waals surface area contributed by atoms with Crippen LogP contribution in [0.2, 0.25) is 0 Å². The number of ketones is 1. The van der Waals surface area contributed by atoms with E-state index in [0.717, 1.165) is 44.2 Å². The van der Waals surface area contributed by atoms with Gasteiger partial charge in [-0.2, -0.15) is 0 Å². The number of carbonyl (C=O) groups is 1. The number of hydrogen-bond donors (Lipinski definition) is 9. The van der Waals surface area contributed by atoms with E-state index in [4.69, 9.17) is 4.74 Å². The van der Waals surface area contributed by atoms with Gasteiger partial charge in [-0.15, -0.1) is 0 Å². The van der Waals surface area contributed by atoms with Gasteiger partial charge in [-0.05, 0) is 109 Å². The number of rotatable bonds is 6. The van der Waals surface area contributed by atoms with E-state index < -0.39 is 80.1 Å². The van der Waals surface area contributed by atoms with E-state index >= 15 is 4.79 Å². The molecule has 16 atom stereocenters. The van der Waals surface area contributed by atoms with Gasteiger partial charge < -0.3 is 50.9 Å². The average molecular weight is 818 g/mol. The van der Waals surface area contributed by atoms with Crippen LogP contribution in [0.5, 0.6) is 11.5 Å². The van der Waals surface area contributed by atoms with E-state index in [-0.39, 0.29) is 66.8 Å². The lowest BCUT2D eigenvalue weighted by molar-refractivity contribution is -0.261. The largest absolute Gasteiger partial charge is 0.504 e. The number of aromatic hydroxyl groups is 2. The molecule has 11 heteroatoms. The monoisotopic (exact) mass is 817 g/mol. The maximum absolute atomic E-state index is 15.3. The van der Waals surface area contributed by atoms with E-state index in [1.165, 1.54) is 12.1 Å². The topological polar surface area (TPSA) is 200 Å². The lowest BCUT2D eigenvalue weighted by Gasteiger charge is -2.73. The Kier molecular flexibility index (Phi) is 8.57. The second-order valence-corrected chi connectivity index (χ2v) is 22.0. The minimum Gasteiger partial charge on any atom is -0.504 e. The predicted molar refractivity (Wildman–Crippen MR) is 218 cm³/mol. The molecule has 8 fully saturated rings. The fraction of sp³-hybridized carbons (Fsp3) is 0.771. The number of aliphatic hydroxyl groups excluding tert-OH is 3. The van der Waals surface area contributed by atoms with Crippen LogP contribution in [0.3, 0.4) is 0 Å². The van der Waals surface area contributed by atoms with E-state index in [2.05, 4.69) is 46.0 Å². The zero-order chi connectivity index (χ0) is 42.1. The van der Waals surface area contributed by atoms with Gasteiger partial charge in [-0.1, -0.05) is 65.2 Å². The fourth-order valence-corrected chi connectivity index (χ4v) is 17.9. The molecule has 1 aliphatic heterocycles. The van der Waals surface area contributed by atoms with Crippen LogP contribution >= 0.6 is 0 Å². The summed E-state index contributed by atoms with van der Waals surface area (Å²) in [4.78, 5) is 15.3. The third-order valence-corrected chi connectivity index (χ3v) is 20.2. The number of nitrogens with one attached hydrogen (secondary N) is 1. The molecule has 324 valence electrons. The van der Waals surface area contributed by atoms with Crippen molar-refractivity contribution in [2.75, 3.05) is 19.7 Å². The molecule has 12 rings (SSSR count). The van der Waals surface area contributed by atoms with E-state index in [0.29, 0.717) is 36.9 Å². The van der Waals surface area contributed by atoms with Crippen molar-refractivity contribution >= 4 is 5.78 Å². The van der Waals surface area contributed by atoms with Gasteiger partial charge in [-0.25, -0.2) is 0 Å². The molecule has 1 heterocycles. The molecule has 11 nitrogen and oxygen atoms in total. The zero-order valence-corrected chi connectivity index (χ0v) is 35.5. The summed E-state index contributed by atoms with van der Waals surface area (Å²) in [7, 11) is 0.